The van der Waals surface area contributed by atoms with Gasteiger partial charge in [0.1, 0.15) is 11.5 Å². The van der Waals surface area contributed by atoms with E-state index in [4.69, 9.17) is 9.47 Å². The van der Waals surface area contributed by atoms with E-state index in [1.165, 1.54) is 19.1 Å². The Morgan fingerprint density at radius 2 is 1.79 bits per heavy atom. The fourth-order valence-electron chi connectivity index (χ4n) is 4.26. The lowest BCUT2D eigenvalue weighted by Crippen LogP contribution is -2.48. The summed E-state index contributed by atoms with van der Waals surface area (Å²) < 4.78 is 40.2. The summed E-state index contributed by atoms with van der Waals surface area (Å²) in [5.41, 5.74) is -0.00934. The van der Waals surface area contributed by atoms with Gasteiger partial charge in [-0.3, -0.25) is 9.80 Å². The van der Waals surface area contributed by atoms with Gasteiger partial charge in [0.15, 0.2) is 23.1 Å². The minimum Gasteiger partial charge on any atom is -0.493 e. The molecule has 0 saturated heterocycles. The van der Waals surface area contributed by atoms with Crippen LogP contribution >= 0.6 is 0 Å². The zero-order valence-corrected chi connectivity index (χ0v) is 18.8. The first kappa shape index (κ1) is 23.0. The molecule has 178 valence electrons. The number of rotatable bonds is 6. The van der Waals surface area contributed by atoms with Gasteiger partial charge >= 0.3 is 6.03 Å². The van der Waals surface area contributed by atoms with Crippen LogP contribution in [0.4, 0.5) is 31.0 Å². The third-order valence-corrected chi connectivity index (χ3v) is 6.05. The van der Waals surface area contributed by atoms with Crippen LogP contribution in [0.3, 0.4) is 0 Å². The van der Waals surface area contributed by atoms with E-state index in [-0.39, 0.29) is 36.7 Å². The van der Waals surface area contributed by atoms with E-state index in [1.54, 1.807) is 13.1 Å². The minimum absolute atomic E-state index is 0.120. The van der Waals surface area contributed by atoms with Crippen LogP contribution in [0.1, 0.15) is 38.2 Å². The highest BCUT2D eigenvalue weighted by Gasteiger charge is 2.37. The molecule has 1 aromatic heterocycles. The number of ether oxygens (including phenoxy) is 2. The van der Waals surface area contributed by atoms with Crippen LogP contribution in [0.15, 0.2) is 12.3 Å². The average molecular weight is 463 g/mol. The SMILES string of the molecule is CCN1C(=O)N(c2c(F)c(OC)cc(OC)c2F)Cc2cnc(NC3CCC(O)CC3)nc21. The number of anilines is 3. The number of amides is 2. The fourth-order valence-corrected chi connectivity index (χ4v) is 4.26. The van der Waals surface area contributed by atoms with Crippen molar-refractivity contribution < 1.29 is 28.2 Å². The molecule has 1 fully saturated rings. The molecule has 0 unspecified atom stereocenters. The number of hydrogen-bond acceptors (Lipinski definition) is 7. The number of carbonyl (C=O) groups excluding carboxylic acids is 1. The lowest BCUT2D eigenvalue weighted by Gasteiger charge is -2.36. The molecule has 1 aliphatic heterocycles. The molecule has 0 radical (unpaired) electrons. The van der Waals surface area contributed by atoms with E-state index >= 15 is 8.78 Å². The summed E-state index contributed by atoms with van der Waals surface area (Å²) in [5, 5.41) is 13.0. The number of benzene rings is 1. The summed E-state index contributed by atoms with van der Waals surface area (Å²) in [6, 6.07) is 0.604. The van der Waals surface area contributed by atoms with Crippen LogP contribution in [0.5, 0.6) is 11.5 Å². The molecule has 0 atom stereocenters. The van der Waals surface area contributed by atoms with Gasteiger partial charge in [0.05, 0.1) is 26.9 Å². The van der Waals surface area contributed by atoms with Gasteiger partial charge in [0.25, 0.3) is 0 Å². The Bertz CT molecular complexity index is 1020. The molecule has 33 heavy (non-hydrogen) atoms. The maximum absolute atomic E-state index is 15.1. The van der Waals surface area contributed by atoms with Crippen molar-refractivity contribution >= 4 is 23.5 Å². The van der Waals surface area contributed by atoms with E-state index in [2.05, 4.69) is 15.3 Å². The zero-order chi connectivity index (χ0) is 23.7. The highest BCUT2D eigenvalue weighted by Crippen LogP contribution is 2.40. The Balaban J connectivity index is 1.68. The van der Waals surface area contributed by atoms with Gasteiger partial charge in [-0.25, -0.2) is 18.6 Å². The lowest BCUT2D eigenvalue weighted by atomic mass is 9.93. The van der Waals surface area contributed by atoms with Crippen molar-refractivity contribution in [2.45, 2.75) is 51.3 Å². The summed E-state index contributed by atoms with van der Waals surface area (Å²) in [6.45, 7) is 1.87. The van der Waals surface area contributed by atoms with Crippen molar-refractivity contribution in [2.24, 2.45) is 0 Å². The van der Waals surface area contributed by atoms with Crippen molar-refractivity contribution in [1.82, 2.24) is 9.97 Å². The van der Waals surface area contributed by atoms with E-state index in [1.807, 2.05) is 0 Å². The summed E-state index contributed by atoms with van der Waals surface area (Å²) in [4.78, 5) is 24.5. The van der Waals surface area contributed by atoms with Gasteiger partial charge in [0.2, 0.25) is 5.95 Å². The molecule has 2 heterocycles. The normalized spacial score (nSPS) is 20.5. The number of aliphatic hydroxyl groups is 1. The van der Waals surface area contributed by atoms with Crippen LogP contribution in [0.2, 0.25) is 0 Å². The van der Waals surface area contributed by atoms with Crippen LogP contribution in [0.25, 0.3) is 0 Å². The van der Waals surface area contributed by atoms with Crippen LogP contribution < -0.4 is 24.6 Å². The molecule has 2 aromatic rings. The summed E-state index contributed by atoms with van der Waals surface area (Å²) in [5.74, 6) is -1.71. The molecule has 0 bridgehead atoms. The number of nitrogens with one attached hydrogen (secondary N) is 1. The summed E-state index contributed by atoms with van der Waals surface area (Å²) in [7, 11) is 2.50. The highest BCUT2D eigenvalue weighted by molar-refractivity contribution is 6.05. The van der Waals surface area contributed by atoms with Gasteiger partial charge in [-0.2, -0.15) is 4.98 Å². The predicted octanol–water partition coefficient (Wildman–Crippen LogP) is 3.45. The smallest absolute Gasteiger partial charge is 0.330 e. The minimum atomic E-state index is -0.998. The Morgan fingerprint density at radius 1 is 1.15 bits per heavy atom. The van der Waals surface area contributed by atoms with E-state index < -0.39 is 23.4 Å². The van der Waals surface area contributed by atoms with Gasteiger partial charge in [-0.1, -0.05) is 0 Å². The number of aliphatic hydroxyl groups excluding tert-OH is 1. The molecule has 1 aliphatic carbocycles. The van der Waals surface area contributed by atoms with Gasteiger partial charge in [-0.05, 0) is 32.6 Å². The van der Waals surface area contributed by atoms with Crippen molar-refractivity contribution in [1.29, 1.82) is 0 Å². The number of methoxy groups -OCH3 is 2. The third-order valence-electron chi connectivity index (χ3n) is 6.05. The number of halogens is 2. The largest absolute Gasteiger partial charge is 0.493 e. The molecule has 2 N–H and O–H groups in total. The molecule has 0 spiro atoms. The molecular formula is C22H27F2N5O4. The van der Waals surface area contributed by atoms with Crippen molar-refractivity contribution in [3.8, 4) is 11.5 Å². The van der Waals surface area contributed by atoms with E-state index in [0.29, 0.717) is 30.2 Å². The van der Waals surface area contributed by atoms with Crippen LogP contribution in [-0.4, -0.2) is 54.0 Å². The highest BCUT2D eigenvalue weighted by atomic mass is 19.1. The van der Waals surface area contributed by atoms with Crippen LogP contribution in [-0.2, 0) is 6.54 Å². The third kappa shape index (κ3) is 4.24. The summed E-state index contributed by atoms with van der Waals surface area (Å²) >= 11 is 0. The number of carbonyl (C=O) groups is 1. The Labute approximate surface area is 190 Å². The summed E-state index contributed by atoms with van der Waals surface area (Å²) in [6.07, 6.45) is 4.28. The second-order valence-electron chi connectivity index (χ2n) is 8.06. The molecule has 2 amide bonds. The fraction of sp³-hybridized carbons (Fsp3) is 0.500. The Hall–Kier alpha value is -3.21. The average Bonchev–Trinajstić information content (AvgIpc) is 2.81. The van der Waals surface area contributed by atoms with Crippen molar-refractivity contribution in [2.75, 3.05) is 35.9 Å². The number of nitrogens with zero attached hydrogens (tertiary/aromatic N) is 4. The number of urea groups is 1. The molecule has 1 aromatic carbocycles. The Morgan fingerprint density at radius 3 is 2.36 bits per heavy atom. The quantitative estimate of drug-likeness (QED) is 0.677. The van der Waals surface area contributed by atoms with Crippen LogP contribution in [0, 0.1) is 11.6 Å². The van der Waals surface area contributed by atoms with Crippen molar-refractivity contribution in [3.63, 3.8) is 0 Å². The number of fused-ring (bicyclic) bond motifs is 1. The molecule has 2 aliphatic rings. The standard InChI is InChI=1S/C22H27F2N5O4/c1-4-28-20-12(10-25-21(27-20)26-13-5-7-14(30)8-6-13)11-29(22(28)31)19-17(23)15(32-2)9-16(33-3)18(19)24/h9-10,13-14,30H,4-8,11H2,1-3H3,(H,25,26,27). The first-order chi connectivity index (χ1) is 15.9. The first-order valence-electron chi connectivity index (χ1n) is 10.9. The van der Waals surface area contributed by atoms with Gasteiger partial charge in [-0.15, -0.1) is 0 Å². The molecular weight excluding hydrogens is 436 g/mol. The number of hydrogen-bond donors (Lipinski definition) is 2. The van der Waals surface area contributed by atoms with Gasteiger partial charge < -0.3 is 19.9 Å². The second kappa shape index (κ2) is 9.34. The monoisotopic (exact) mass is 463 g/mol. The van der Waals surface area contributed by atoms with Gasteiger partial charge in [0, 0.05) is 30.4 Å². The van der Waals surface area contributed by atoms with Crippen molar-refractivity contribution in [3.05, 3.63) is 29.5 Å². The maximum Gasteiger partial charge on any atom is 0.330 e. The maximum atomic E-state index is 15.1. The number of aromatic nitrogens is 2. The molecule has 9 nitrogen and oxygen atoms in total. The molecule has 4 rings (SSSR count). The predicted molar refractivity (Wildman–Crippen MR) is 118 cm³/mol. The van der Waals surface area contributed by atoms with E-state index in [0.717, 1.165) is 23.8 Å². The molecule has 1 saturated carbocycles. The second-order valence-corrected chi connectivity index (χ2v) is 8.06. The van der Waals surface area contributed by atoms with E-state index in [9.17, 15) is 9.90 Å². The topological polar surface area (TPSA) is 100 Å². The first-order valence-corrected chi connectivity index (χ1v) is 10.9. The Kier molecular flexibility index (Phi) is 6.50. The lowest BCUT2D eigenvalue weighted by molar-refractivity contribution is 0.126. The zero-order valence-electron chi connectivity index (χ0n) is 18.8. The molecule has 11 heteroatoms.